The zero-order chi connectivity index (χ0) is 6.99. The Morgan fingerprint density at radius 3 is 1.33 bits per heavy atom. The van der Waals surface area contributed by atoms with Crippen molar-refractivity contribution in [2.24, 2.45) is 11.7 Å². The molecule has 2 heteroatoms. The smallest absolute Gasteiger partial charge is 0.00541 e. The van der Waals surface area contributed by atoms with E-state index in [9.17, 15) is 0 Å². The van der Waals surface area contributed by atoms with Crippen molar-refractivity contribution in [3.63, 3.8) is 0 Å². The molecule has 0 spiro atoms. The van der Waals surface area contributed by atoms with Gasteiger partial charge in [0.2, 0.25) is 0 Å². The Balaban J connectivity index is -0.0000000800. The quantitative estimate of drug-likeness (QED) is 0.577. The van der Waals surface area contributed by atoms with Gasteiger partial charge in [0.25, 0.3) is 0 Å². The zero-order valence-electron chi connectivity index (χ0n) is 7.28. The molecule has 0 aliphatic rings. The summed E-state index contributed by atoms with van der Waals surface area (Å²) in [5, 5.41) is 0. The number of hydrogen-bond acceptors (Lipinski definition) is 2. The van der Waals surface area contributed by atoms with E-state index in [0.29, 0.717) is 5.92 Å². The third-order valence-corrected chi connectivity index (χ3v) is 0.471. The van der Waals surface area contributed by atoms with Crippen molar-refractivity contribution in [1.29, 1.82) is 0 Å². The molecule has 0 amide bonds. The fraction of sp³-hybridized carbons (Fsp3) is 1.00. The van der Waals surface area contributed by atoms with Gasteiger partial charge in [-0.05, 0) is 12.5 Å². The summed E-state index contributed by atoms with van der Waals surface area (Å²) in [6.07, 6.45) is 1.25. The predicted octanol–water partition coefficient (Wildman–Crippen LogP) is 2.18. The van der Waals surface area contributed by atoms with E-state index in [1.54, 1.807) is 0 Å². The molecule has 0 aromatic rings. The van der Waals surface area contributed by atoms with Crippen LogP contribution in [0.2, 0.25) is 0 Å². The van der Waals surface area contributed by atoms with Crippen molar-refractivity contribution < 1.29 is 0 Å². The highest BCUT2D eigenvalue weighted by molar-refractivity contribution is 4.38. The van der Waals surface area contributed by atoms with Crippen LogP contribution in [0.3, 0.4) is 0 Å². The highest BCUT2D eigenvalue weighted by Crippen LogP contribution is 1.81. The molecule has 0 aliphatic carbocycles. The molecular weight excluding hydrogens is 112 g/mol. The van der Waals surface area contributed by atoms with Crippen LogP contribution < -0.4 is 11.9 Å². The SMILES string of the molecule is CC(C)CN.CCC.N. The first-order valence-corrected chi connectivity index (χ1v) is 3.39. The molecule has 0 aromatic carbocycles. The summed E-state index contributed by atoms with van der Waals surface area (Å²) < 4.78 is 0. The van der Waals surface area contributed by atoms with Gasteiger partial charge in [-0.25, -0.2) is 0 Å². The first-order chi connectivity index (χ1) is 3.68. The molecule has 0 radical (unpaired) electrons. The number of hydrogen-bond donors (Lipinski definition) is 2. The van der Waals surface area contributed by atoms with E-state index >= 15 is 0 Å². The zero-order valence-corrected chi connectivity index (χ0v) is 7.28. The van der Waals surface area contributed by atoms with Crippen molar-refractivity contribution in [2.45, 2.75) is 34.1 Å². The minimum Gasteiger partial charge on any atom is -0.344 e. The van der Waals surface area contributed by atoms with Gasteiger partial charge >= 0.3 is 0 Å². The van der Waals surface area contributed by atoms with Crippen LogP contribution in [0, 0.1) is 5.92 Å². The molecule has 0 unspecified atom stereocenters. The third-order valence-electron chi connectivity index (χ3n) is 0.471. The Kier molecular flexibility index (Phi) is 27.8. The second kappa shape index (κ2) is 15.7. The standard InChI is InChI=1S/C4H11N.C3H8.H3N/c1-4(2)3-5;1-3-2;/h4H,3,5H2,1-2H3;3H2,1-2H3;1H3. The summed E-state index contributed by atoms with van der Waals surface area (Å²) in [4.78, 5) is 0. The van der Waals surface area contributed by atoms with Crippen molar-refractivity contribution in [3.05, 3.63) is 0 Å². The lowest BCUT2D eigenvalue weighted by atomic mass is 10.2. The Morgan fingerprint density at radius 2 is 1.33 bits per heavy atom. The lowest BCUT2D eigenvalue weighted by molar-refractivity contribution is 0.664. The van der Waals surface area contributed by atoms with E-state index in [1.807, 2.05) is 0 Å². The Hall–Kier alpha value is -0.0800. The summed E-state index contributed by atoms with van der Waals surface area (Å²) >= 11 is 0. The summed E-state index contributed by atoms with van der Waals surface area (Å²) in [5.41, 5.74) is 5.17. The molecule has 2 nitrogen and oxygen atoms in total. The average molecular weight is 134 g/mol. The van der Waals surface area contributed by atoms with Crippen LogP contribution in [-0.2, 0) is 0 Å². The van der Waals surface area contributed by atoms with Crippen LogP contribution in [0.1, 0.15) is 34.1 Å². The molecule has 0 rings (SSSR count). The maximum atomic E-state index is 5.17. The van der Waals surface area contributed by atoms with Gasteiger partial charge < -0.3 is 11.9 Å². The molecule has 0 aromatic heterocycles. The highest BCUT2D eigenvalue weighted by Gasteiger charge is 1.80. The summed E-state index contributed by atoms with van der Waals surface area (Å²) in [6.45, 7) is 9.25. The molecule has 0 atom stereocenters. The molecule has 60 valence electrons. The Bertz CT molecular complexity index is 28.1. The second-order valence-corrected chi connectivity index (χ2v) is 2.34. The van der Waals surface area contributed by atoms with E-state index < -0.39 is 0 Å². The van der Waals surface area contributed by atoms with Crippen molar-refractivity contribution in [2.75, 3.05) is 6.54 Å². The predicted molar refractivity (Wildman–Crippen MR) is 44.9 cm³/mol. The maximum absolute atomic E-state index is 5.17. The van der Waals surface area contributed by atoms with E-state index in [2.05, 4.69) is 27.7 Å². The van der Waals surface area contributed by atoms with Crippen LogP contribution in [0.15, 0.2) is 0 Å². The number of rotatable bonds is 1. The van der Waals surface area contributed by atoms with Crippen LogP contribution in [-0.4, -0.2) is 6.54 Å². The Morgan fingerprint density at radius 1 is 1.22 bits per heavy atom. The van der Waals surface area contributed by atoms with Gasteiger partial charge in [0, 0.05) is 0 Å². The van der Waals surface area contributed by atoms with Gasteiger partial charge in [0.15, 0.2) is 0 Å². The van der Waals surface area contributed by atoms with Crippen LogP contribution in [0.25, 0.3) is 0 Å². The Labute approximate surface area is 59.4 Å². The van der Waals surface area contributed by atoms with Crippen LogP contribution in [0.4, 0.5) is 0 Å². The topological polar surface area (TPSA) is 61.0 Å². The molecule has 0 aliphatic heterocycles. The molecule has 5 N–H and O–H groups in total. The van der Waals surface area contributed by atoms with Gasteiger partial charge in [-0.15, -0.1) is 0 Å². The van der Waals surface area contributed by atoms with Gasteiger partial charge in [-0.3, -0.25) is 0 Å². The lowest BCUT2D eigenvalue weighted by Crippen LogP contribution is -2.05. The summed E-state index contributed by atoms with van der Waals surface area (Å²) in [7, 11) is 0. The van der Waals surface area contributed by atoms with Gasteiger partial charge in [-0.1, -0.05) is 34.1 Å². The normalized spacial score (nSPS) is 7.33. The highest BCUT2D eigenvalue weighted by atomic mass is 14.5. The fourth-order valence-electron chi connectivity index (χ4n) is 0. The fourth-order valence-corrected chi connectivity index (χ4v) is 0. The van der Waals surface area contributed by atoms with Crippen molar-refractivity contribution in [3.8, 4) is 0 Å². The molecule has 0 saturated carbocycles. The lowest BCUT2D eigenvalue weighted by Gasteiger charge is -1.91. The second-order valence-electron chi connectivity index (χ2n) is 2.34. The molecule has 0 heterocycles. The van der Waals surface area contributed by atoms with Crippen LogP contribution >= 0.6 is 0 Å². The largest absolute Gasteiger partial charge is 0.344 e. The van der Waals surface area contributed by atoms with E-state index in [1.165, 1.54) is 6.42 Å². The summed E-state index contributed by atoms with van der Waals surface area (Å²) in [6, 6.07) is 0. The van der Waals surface area contributed by atoms with Gasteiger partial charge in [0.05, 0.1) is 0 Å². The molecule has 0 fully saturated rings. The first-order valence-electron chi connectivity index (χ1n) is 3.39. The van der Waals surface area contributed by atoms with E-state index in [0.717, 1.165) is 6.54 Å². The average Bonchev–Trinajstić information content (AvgIpc) is 1.69. The first kappa shape index (κ1) is 16.0. The molecular formula is C7H22N2. The monoisotopic (exact) mass is 134 g/mol. The minimum atomic E-state index is 0. The minimum absolute atomic E-state index is 0. The van der Waals surface area contributed by atoms with Gasteiger partial charge in [0.1, 0.15) is 0 Å². The van der Waals surface area contributed by atoms with Crippen molar-refractivity contribution in [1.82, 2.24) is 6.15 Å². The molecule has 0 bridgehead atoms. The number of nitrogens with two attached hydrogens (primary N) is 1. The van der Waals surface area contributed by atoms with Gasteiger partial charge in [-0.2, -0.15) is 0 Å². The third kappa shape index (κ3) is 75.3. The maximum Gasteiger partial charge on any atom is -0.00541 e. The molecule has 0 saturated heterocycles. The van der Waals surface area contributed by atoms with E-state index in [4.69, 9.17) is 5.73 Å². The summed E-state index contributed by atoms with van der Waals surface area (Å²) in [5.74, 6) is 0.662. The van der Waals surface area contributed by atoms with Crippen molar-refractivity contribution >= 4 is 0 Å². The molecule has 9 heavy (non-hydrogen) atoms. The van der Waals surface area contributed by atoms with E-state index in [-0.39, 0.29) is 6.15 Å². The van der Waals surface area contributed by atoms with Crippen LogP contribution in [0.5, 0.6) is 0 Å².